The van der Waals surface area contributed by atoms with Gasteiger partial charge in [0.2, 0.25) is 12.4 Å². The van der Waals surface area contributed by atoms with Crippen molar-refractivity contribution in [3.05, 3.63) is 111 Å². The van der Waals surface area contributed by atoms with Crippen LogP contribution in [0.2, 0.25) is 0 Å². The summed E-state index contributed by atoms with van der Waals surface area (Å²) in [5.41, 5.74) is 11.0. The van der Waals surface area contributed by atoms with Crippen LogP contribution in [0.25, 0.3) is 11.1 Å². The highest BCUT2D eigenvalue weighted by molar-refractivity contribution is 7.08. The van der Waals surface area contributed by atoms with Gasteiger partial charge in [-0.1, -0.05) is 36.1 Å². The lowest BCUT2D eigenvalue weighted by Crippen LogP contribution is -2.44. The fraction of sp³-hybridized carbons (Fsp3) is 0.111. The number of rotatable bonds is 4. The number of fused-ring (bicyclic) bond motifs is 1. The number of benzene rings is 1. The largest absolute Gasteiger partial charge is 0.432 e. The molecule has 39 heavy (non-hydrogen) atoms. The highest BCUT2D eigenvalue weighted by Crippen LogP contribution is 2.36. The monoisotopic (exact) mass is 546 g/mol. The fourth-order valence-corrected chi connectivity index (χ4v) is 4.78. The van der Waals surface area contributed by atoms with Gasteiger partial charge in [0.05, 0.1) is 11.3 Å². The van der Waals surface area contributed by atoms with E-state index in [1.54, 1.807) is 29.0 Å². The molecule has 0 saturated carbocycles. The number of hydrogen-bond donors (Lipinski definition) is 3. The number of thiophene rings is 1. The Hall–Kier alpha value is -4.89. The first kappa shape index (κ1) is 24.4. The Bertz CT molecular complexity index is 1650. The number of nitrogens with one attached hydrogen (secondary N) is 3. The molecular weight excluding hydrogens is 529 g/mol. The highest BCUT2D eigenvalue weighted by atomic mass is 32.1. The topological polar surface area (TPSA) is 100 Å². The fourth-order valence-electron chi connectivity index (χ4n) is 4.13. The standard InChI is InChI=1S/C27H17F3N6O2S/c28-27(29,30)17-12-19(16-10-11-39-14-16)22(31-13-17)25-35-36-26(38-25)34-23-24(37)32-20-9-5-4-8-18(20)21(33-23)15-6-2-1-3-7-15/h1-4,6-8,10-14,23,25,35H,(H,32,37)(H,34,36)/t23-,25?/m1/s1. The lowest BCUT2D eigenvalue weighted by molar-refractivity contribution is -0.137. The zero-order valence-corrected chi connectivity index (χ0v) is 20.6. The van der Waals surface area contributed by atoms with Crippen molar-refractivity contribution in [2.45, 2.75) is 18.6 Å². The number of pyridine rings is 1. The summed E-state index contributed by atoms with van der Waals surface area (Å²) < 4.78 is 46.0. The molecule has 4 heterocycles. The van der Waals surface area contributed by atoms with Crippen LogP contribution in [0.1, 0.15) is 23.0 Å². The van der Waals surface area contributed by atoms with Gasteiger partial charge in [0.1, 0.15) is 11.4 Å². The Morgan fingerprint density at radius 3 is 2.74 bits per heavy atom. The van der Waals surface area contributed by atoms with Crippen molar-refractivity contribution in [2.75, 3.05) is 0 Å². The van der Waals surface area contributed by atoms with Gasteiger partial charge >= 0.3 is 12.2 Å². The van der Waals surface area contributed by atoms with Gasteiger partial charge in [-0.2, -0.15) is 24.5 Å². The number of allylic oxidation sites excluding steroid dienone is 3. The summed E-state index contributed by atoms with van der Waals surface area (Å²) in [7, 11) is 0. The van der Waals surface area contributed by atoms with Crippen LogP contribution in [-0.4, -0.2) is 28.8 Å². The molecule has 1 aromatic carbocycles. The first-order valence-corrected chi connectivity index (χ1v) is 12.5. The van der Waals surface area contributed by atoms with Crippen LogP contribution in [-0.2, 0) is 15.7 Å². The molecule has 0 bridgehead atoms. The van der Waals surface area contributed by atoms with Gasteiger partial charge in [0.25, 0.3) is 5.91 Å². The molecule has 12 heteroatoms. The minimum absolute atomic E-state index is 0.0734. The Kier molecular flexibility index (Phi) is 6.12. The minimum Gasteiger partial charge on any atom is -0.432 e. The number of nitrogens with zero attached hydrogens (tertiary/aromatic N) is 3. The molecule has 2 aliphatic heterocycles. The maximum absolute atomic E-state index is 13.4. The average Bonchev–Trinajstić information content (AvgIpc) is 3.61. The van der Waals surface area contributed by atoms with Gasteiger partial charge in [-0.15, -0.1) is 5.10 Å². The first-order chi connectivity index (χ1) is 18.9. The number of carbonyl (C=O) groups is 1. The summed E-state index contributed by atoms with van der Waals surface area (Å²) in [6.45, 7) is 0. The molecule has 8 nitrogen and oxygen atoms in total. The number of halogens is 3. The number of hydrogen-bond acceptors (Lipinski definition) is 8. The SMILES string of the molecule is O=C1NC2=C=C=CC=C2C(c2ccccc2)=N[C@@H]1NC1=NNC(c2ncc(C(F)(F)F)cc2-c2ccsc2)O1. The van der Waals surface area contributed by atoms with Gasteiger partial charge in [-0.3, -0.25) is 15.2 Å². The van der Waals surface area contributed by atoms with Crippen molar-refractivity contribution in [1.82, 2.24) is 21.0 Å². The Morgan fingerprint density at radius 2 is 1.97 bits per heavy atom. The number of amides is 1. The summed E-state index contributed by atoms with van der Waals surface area (Å²) in [4.78, 5) is 21.8. The second-order valence-corrected chi connectivity index (χ2v) is 9.26. The van der Waals surface area contributed by atoms with E-state index in [4.69, 9.17) is 4.74 Å². The first-order valence-electron chi connectivity index (χ1n) is 11.6. The number of carbonyl (C=O) groups excluding carboxylic acids is 1. The van der Waals surface area contributed by atoms with Crippen molar-refractivity contribution in [3.63, 3.8) is 0 Å². The normalized spacial score (nSPS) is 19.9. The van der Waals surface area contributed by atoms with E-state index in [2.05, 4.69) is 42.6 Å². The van der Waals surface area contributed by atoms with E-state index in [1.165, 1.54) is 11.3 Å². The number of aromatic nitrogens is 1. The smallest absolute Gasteiger partial charge is 0.417 e. The van der Waals surface area contributed by atoms with Gasteiger partial charge in [0.15, 0.2) is 0 Å². The molecule has 0 saturated heterocycles. The molecule has 2 aromatic heterocycles. The quantitative estimate of drug-likeness (QED) is 0.422. The zero-order chi connectivity index (χ0) is 27.0. The molecular formula is C27H17F3N6O2S. The third kappa shape index (κ3) is 4.87. The Balaban J connectivity index is 1.28. The van der Waals surface area contributed by atoms with Crippen molar-refractivity contribution in [1.29, 1.82) is 0 Å². The Labute approximate surface area is 223 Å². The maximum atomic E-state index is 13.4. The molecule has 3 aromatic rings. The molecule has 1 unspecified atom stereocenters. The van der Waals surface area contributed by atoms with E-state index in [0.717, 1.165) is 17.8 Å². The lowest BCUT2D eigenvalue weighted by atomic mass is 9.98. The van der Waals surface area contributed by atoms with Crippen LogP contribution in [0.15, 0.2) is 104 Å². The summed E-state index contributed by atoms with van der Waals surface area (Å²) in [5.74, 6) is -0.487. The van der Waals surface area contributed by atoms with Crippen LogP contribution in [0, 0.1) is 0 Å². The highest BCUT2D eigenvalue weighted by Gasteiger charge is 2.35. The van der Waals surface area contributed by atoms with E-state index in [-0.39, 0.29) is 17.3 Å². The lowest BCUT2D eigenvalue weighted by Gasteiger charge is -2.17. The molecule has 0 radical (unpaired) electrons. The summed E-state index contributed by atoms with van der Waals surface area (Å²) >= 11 is 1.34. The number of hydrazone groups is 1. The average molecular weight is 547 g/mol. The second kappa shape index (κ2) is 9.77. The summed E-state index contributed by atoms with van der Waals surface area (Å²) in [5, 5.41) is 13.2. The molecule has 3 aliphatic rings. The van der Waals surface area contributed by atoms with Crippen LogP contribution < -0.4 is 16.1 Å². The van der Waals surface area contributed by atoms with Gasteiger partial charge in [-0.05, 0) is 46.3 Å². The predicted molar refractivity (Wildman–Crippen MR) is 138 cm³/mol. The van der Waals surface area contributed by atoms with Gasteiger partial charge in [-0.25, -0.2) is 4.99 Å². The zero-order valence-electron chi connectivity index (χ0n) is 19.8. The minimum atomic E-state index is -4.56. The van der Waals surface area contributed by atoms with E-state index in [9.17, 15) is 18.0 Å². The van der Waals surface area contributed by atoms with Crippen LogP contribution >= 0.6 is 11.3 Å². The third-order valence-electron chi connectivity index (χ3n) is 5.96. The van der Waals surface area contributed by atoms with Crippen LogP contribution in [0.5, 0.6) is 0 Å². The second-order valence-electron chi connectivity index (χ2n) is 8.48. The maximum Gasteiger partial charge on any atom is 0.417 e. The van der Waals surface area contributed by atoms with E-state index in [1.807, 2.05) is 30.3 Å². The summed E-state index contributed by atoms with van der Waals surface area (Å²) in [6, 6.07) is 12.0. The van der Waals surface area contributed by atoms with Gasteiger partial charge in [0, 0.05) is 22.9 Å². The molecule has 0 fully saturated rings. The van der Waals surface area contributed by atoms with Crippen molar-refractivity contribution < 1.29 is 22.7 Å². The molecule has 0 spiro atoms. The molecule has 2 atom stereocenters. The predicted octanol–water partition coefficient (Wildman–Crippen LogP) is 4.39. The van der Waals surface area contributed by atoms with E-state index in [0.29, 0.717) is 22.5 Å². The number of amidine groups is 1. The van der Waals surface area contributed by atoms with Gasteiger partial charge < -0.3 is 15.4 Å². The van der Waals surface area contributed by atoms with Crippen molar-refractivity contribution in [3.8, 4) is 11.1 Å². The third-order valence-corrected chi connectivity index (χ3v) is 6.64. The number of ether oxygens (including phenoxy) is 1. The van der Waals surface area contributed by atoms with E-state index >= 15 is 0 Å². The van der Waals surface area contributed by atoms with Crippen molar-refractivity contribution in [2.24, 2.45) is 10.1 Å². The van der Waals surface area contributed by atoms with Crippen LogP contribution in [0.4, 0.5) is 13.2 Å². The number of alkyl halides is 3. The molecule has 194 valence electrons. The molecule has 6 rings (SSSR count). The van der Waals surface area contributed by atoms with E-state index < -0.39 is 30.0 Å². The molecule has 3 N–H and O–H groups in total. The summed E-state index contributed by atoms with van der Waals surface area (Å²) in [6.07, 6.45) is -2.49. The van der Waals surface area contributed by atoms with Crippen molar-refractivity contribution >= 4 is 29.0 Å². The number of aliphatic imine (C=N–C) groups is 1. The molecule has 1 amide bonds. The van der Waals surface area contributed by atoms with Crippen LogP contribution in [0.3, 0.4) is 0 Å². The Morgan fingerprint density at radius 1 is 1.13 bits per heavy atom. The molecule has 1 aliphatic carbocycles.